The lowest BCUT2D eigenvalue weighted by molar-refractivity contribution is -0.134. The fourth-order valence-corrected chi connectivity index (χ4v) is 1.27. The first-order valence-corrected chi connectivity index (χ1v) is 5.56. The summed E-state index contributed by atoms with van der Waals surface area (Å²) in [6.07, 6.45) is 0.306. The highest BCUT2D eigenvalue weighted by molar-refractivity contribution is 5.84. The number of hydrogen-bond donors (Lipinski definition) is 1. The monoisotopic (exact) mass is 255 g/mol. The highest BCUT2D eigenvalue weighted by Gasteiger charge is 2.13. The maximum Gasteiger partial charge on any atom is 0.225 e. The van der Waals surface area contributed by atoms with Crippen LogP contribution in [0.2, 0.25) is 0 Å². The van der Waals surface area contributed by atoms with E-state index in [4.69, 9.17) is 5.53 Å². The molecule has 0 rings (SSSR count). The molecule has 0 bridgehead atoms. The Morgan fingerprint density at radius 1 is 1.39 bits per heavy atom. The molecule has 0 fully saturated rings. The van der Waals surface area contributed by atoms with Gasteiger partial charge in [-0.2, -0.15) is 0 Å². The van der Waals surface area contributed by atoms with E-state index in [1.165, 1.54) is 11.8 Å². The Hall–Kier alpha value is -2.08. The third-order valence-electron chi connectivity index (χ3n) is 2.05. The Morgan fingerprint density at radius 2 is 2.06 bits per heavy atom. The summed E-state index contributed by atoms with van der Waals surface area (Å²) in [5.41, 5.74) is 8.02. The topological polar surface area (TPSA) is 115 Å². The minimum absolute atomic E-state index is 0.0406. The lowest BCUT2D eigenvalue weighted by atomic mass is 10.3. The van der Waals surface area contributed by atoms with Gasteiger partial charge in [0.05, 0.1) is 6.54 Å². The first kappa shape index (κ1) is 15.9. The predicted molar refractivity (Wildman–Crippen MR) is 64.6 cm³/mol. The fraction of sp³-hybridized carbons (Fsp3) is 0.700. The molecule has 0 heterocycles. The van der Waals surface area contributed by atoms with E-state index in [9.17, 15) is 14.4 Å². The quantitative estimate of drug-likeness (QED) is 0.380. The van der Waals surface area contributed by atoms with Crippen LogP contribution in [-0.4, -0.2) is 48.7 Å². The van der Waals surface area contributed by atoms with E-state index in [0.717, 1.165) is 0 Å². The maximum atomic E-state index is 11.5. The molecule has 0 aromatic rings. The number of hydrogen-bond acceptors (Lipinski definition) is 4. The van der Waals surface area contributed by atoms with Gasteiger partial charge in [-0.15, -0.1) is 0 Å². The van der Waals surface area contributed by atoms with E-state index in [1.54, 1.807) is 6.92 Å². The number of carbonyl (C=O) groups is 3. The maximum absolute atomic E-state index is 11.5. The number of nitrogens with zero attached hydrogens (tertiary/aromatic N) is 4. The molecule has 0 aliphatic rings. The Morgan fingerprint density at radius 3 is 2.56 bits per heavy atom. The largest absolute Gasteiger partial charge is 0.354 e. The van der Waals surface area contributed by atoms with Crippen molar-refractivity contribution in [3.8, 4) is 0 Å². The molecule has 0 aromatic heterocycles. The smallest absolute Gasteiger partial charge is 0.225 e. The van der Waals surface area contributed by atoms with Crippen LogP contribution in [0.25, 0.3) is 10.4 Å². The Bertz CT molecular complexity index is 363. The molecule has 8 nitrogen and oxygen atoms in total. The normalized spacial score (nSPS) is 9.22. The molecule has 0 radical (unpaired) electrons. The fourth-order valence-electron chi connectivity index (χ4n) is 1.27. The second-order valence-electron chi connectivity index (χ2n) is 3.61. The first-order valence-electron chi connectivity index (χ1n) is 5.56. The van der Waals surface area contributed by atoms with Gasteiger partial charge in [-0.05, 0) is 12.5 Å². The summed E-state index contributed by atoms with van der Waals surface area (Å²) in [6, 6.07) is 0. The van der Waals surface area contributed by atoms with Crippen molar-refractivity contribution >= 4 is 17.6 Å². The first-order chi connectivity index (χ1) is 8.51. The van der Waals surface area contributed by atoms with E-state index in [2.05, 4.69) is 15.3 Å². The second kappa shape index (κ2) is 9.00. The van der Waals surface area contributed by atoms with Crippen LogP contribution in [0.1, 0.15) is 20.3 Å². The van der Waals surface area contributed by atoms with Gasteiger partial charge >= 0.3 is 0 Å². The van der Waals surface area contributed by atoms with E-state index in [0.29, 0.717) is 6.42 Å². The second-order valence-corrected chi connectivity index (χ2v) is 3.61. The summed E-state index contributed by atoms with van der Waals surface area (Å²) < 4.78 is 0. The predicted octanol–water partition coefficient (Wildman–Crippen LogP) is 0.241. The molecule has 0 saturated carbocycles. The molecule has 8 heteroatoms. The molecule has 0 unspecified atom stereocenters. The Balaban J connectivity index is 4.10. The zero-order chi connectivity index (χ0) is 14.0. The van der Waals surface area contributed by atoms with Crippen molar-refractivity contribution in [3.05, 3.63) is 10.4 Å². The number of amides is 2. The van der Waals surface area contributed by atoms with Gasteiger partial charge in [0.2, 0.25) is 11.8 Å². The zero-order valence-corrected chi connectivity index (χ0v) is 10.5. The number of carbonyl (C=O) groups excluding carboxylic acids is 3. The molecule has 0 aliphatic heterocycles. The SMILES string of the molecule is CCC(=O)N(CCNC(=O)CN=[N+]=[N-])CC(C)=O. The minimum atomic E-state index is -0.417. The van der Waals surface area contributed by atoms with Gasteiger partial charge in [-0.25, -0.2) is 0 Å². The molecule has 0 atom stereocenters. The molecule has 18 heavy (non-hydrogen) atoms. The van der Waals surface area contributed by atoms with Crippen molar-refractivity contribution in [3.63, 3.8) is 0 Å². The molecule has 1 N–H and O–H groups in total. The van der Waals surface area contributed by atoms with Crippen LogP contribution in [-0.2, 0) is 14.4 Å². The van der Waals surface area contributed by atoms with E-state index in [-0.39, 0.29) is 37.9 Å². The van der Waals surface area contributed by atoms with E-state index >= 15 is 0 Å². The molecule has 0 saturated heterocycles. The van der Waals surface area contributed by atoms with Crippen molar-refractivity contribution in [2.75, 3.05) is 26.2 Å². The highest BCUT2D eigenvalue weighted by Crippen LogP contribution is 1.93. The van der Waals surface area contributed by atoms with Crippen LogP contribution in [0.3, 0.4) is 0 Å². The molecule has 2 amide bonds. The van der Waals surface area contributed by atoms with Crippen molar-refractivity contribution in [2.24, 2.45) is 5.11 Å². The molecule has 0 spiro atoms. The molecule has 0 aliphatic carbocycles. The summed E-state index contributed by atoms with van der Waals surface area (Å²) in [4.78, 5) is 37.4. The van der Waals surface area contributed by atoms with Crippen LogP contribution in [0.5, 0.6) is 0 Å². The Labute approximate surface area is 105 Å². The van der Waals surface area contributed by atoms with Crippen molar-refractivity contribution in [2.45, 2.75) is 20.3 Å². The standard InChI is InChI=1S/C10H17N5O3/c1-3-10(18)15(7-8(2)16)5-4-12-9(17)6-13-14-11/h3-7H2,1-2H3,(H,12,17). The molecular formula is C10H17N5O3. The summed E-state index contributed by atoms with van der Waals surface area (Å²) in [5.74, 6) is -0.675. The van der Waals surface area contributed by atoms with E-state index in [1.807, 2.05) is 0 Å². The van der Waals surface area contributed by atoms with Crippen molar-refractivity contribution < 1.29 is 14.4 Å². The molecule has 100 valence electrons. The number of ketones is 1. The summed E-state index contributed by atoms with van der Waals surface area (Å²) in [6.45, 7) is 3.35. The van der Waals surface area contributed by atoms with Gasteiger partial charge in [0, 0.05) is 24.4 Å². The van der Waals surface area contributed by atoms with Crippen LogP contribution < -0.4 is 5.32 Å². The number of nitrogens with one attached hydrogen (secondary N) is 1. The van der Waals surface area contributed by atoms with Gasteiger partial charge in [0.15, 0.2) is 0 Å². The van der Waals surface area contributed by atoms with Gasteiger partial charge in [-0.1, -0.05) is 12.0 Å². The third kappa shape index (κ3) is 7.24. The van der Waals surface area contributed by atoms with Crippen molar-refractivity contribution in [1.29, 1.82) is 0 Å². The average Bonchev–Trinajstić information content (AvgIpc) is 2.33. The molecular weight excluding hydrogens is 238 g/mol. The van der Waals surface area contributed by atoms with Gasteiger partial charge < -0.3 is 10.2 Å². The van der Waals surface area contributed by atoms with Gasteiger partial charge in [0.1, 0.15) is 12.3 Å². The van der Waals surface area contributed by atoms with Crippen LogP contribution in [0.4, 0.5) is 0 Å². The van der Waals surface area contributed by atoms with E-state index < -0.39 is 5.91 Å². The number of Topliss-reactive ketones (excluding diaryl/α,β-unsaturated/α-hetero) is 1. The zero-order valence-electron chi connectivity index (χ0n) is 10.5. The molecule has 0 aromatic carbocycles. The van der Waals surface area contributed by atoms with Gasteiger partial charge in [-0.3, -0.25) is 14.4 Å². The minimum Gasteiger partial charge on any atom is -0.354 e. The van der Waals surface area contributed by atoms with Crippen molar-refractivity contribution in [1.82, 2.24) is 10.2 Å². The van der Waals surface area contributed by atoms with Gasteiger partial charge in [0.25, 0.3) is 0 Å². The lowest BCUT2D eigenvalue weighted by Crippen LogP contribution is -2.41. The average molecular weight is 255 g/mol. The summed E-state index contributed by atoms with van der Waals surface area (Å²) in [7, 11) is 0. The summed E-state index contributed by atoms with van der Waals surface area (Å²) in [5, 5.41) is 5.59. The number of azide groups is 1. The Kier molecular flexibility index (Phi) is 7.96. The van der Waals surface area contributed by atoms with Crippen LogP contribution in [0, 0.1) is 0 Å². The third-order valence-corrected chi connectivity index (χ3v) is 2.05. The highest BCUT2D eigenvalue weighted by atomic mass is 16.2. The lowest BCUT2D eigenvalue weighted by Gasteiger charge is -2.20. The summed E-state index contributed by atoms with van der Waals surface area (Å²) >= 11 is 0. The number of rotatable bonds is 8. The van der Waals surface area contributed by atoms with Crippen LogP contribution in [0.15, 0.2) is 5.11 Å². The van der Waals surface area contributed by atoms with Crippen LogP contribution >= 0.6 is 0 Å².